The van der Waals surface area contributed by atoms with Gasteiger partial charge in [0.25, 0.3) is 5.91 Å². The molecule has 2 aromatic rings. The Morgan fingerprint density at radius 1 is 1.23 bits per heavy atom. The van der Waals surface area contributed by atoms with Gasteiger partial charge < -0.3 is 14.8 Å². The van der Waals surface area contributed by atoms with Gasteiger partial charge in [0.15, 0.2) is 12.7 Å². The van der Waals surface area contributed by atoms with Crippen LogP contribution in [0.1, 0.15) is 12.5 Å². The van der Waals surface area contributed by atoms with Crippen LogP contribution in [0.4, 0.5) is 5.69 Å². The van der Waals surface area contributed by atoms with Crippen LogP contribution in [-0.2, 0) is 14.3 Å². The molecule has 0 heterocycles. The van der Waals surface area contributed by atoms with E-state index in [-0.39, 0.29) is 10.8 Å². The average molecular weight is 393 g/mol. The van der Waals surface area contributed by atoms with Crippen LogP contribution in [0.3, 0.4) is 0 Å². The molecule has 0 aliphatic carbocycles. The highest BCUT2D eigenvalue weighted by molar-refractivity contribution is 6.35. The smallest absolute Gasteiger partial charge is 0.344 e. The molecule has 0 aliphatic rings. The number of esters is 1. The first-order valence-corrected chi connectivity index (χ1v) is 8.23. The number of carbonyl (C=O) groups is 2. The zero-order valence-corrected chi connectivity index (χ0v) is 15.2. The van der Waals surface area contributed by atoms with Gasteiger partial charge in [-0.2, -0.15) is 5.26 Å². The average Bonchev–Trinajstić information content (AvgIpc) is 2.61. The molecule has 0 unspecified atom stereocenters. The number of ether oxygens (including phenoxy) is 2. The number of hydrogen-bond acceptors (Lipinski definition) is 5. The standard InChI is InChI=1S/C18H14Cl2N2O4/c1-11(18(24)22-14-4-2-3-12(7-14)9-21)26-17(23)10-25-16-6-5-13(19)8-15(16)20/h2-8,11H,10H2,1H3,(H,22,24)/t11-/m1/s1. The molecule has 0 aliphatic heterocycles. The molecule has 1 amide bonds. The minimum Gasteiger partial charge on any atom is -0.480 e. The Morgan fingerprint density at radius 2 is 2.00 bits per heavy atom. The fourth-order valence-electron chi connectivity index (χ4n) is 1.92. The summed E-state index contributed by atoms with van der Waals surface area (Å²) in [6, 6.07) is 12.9. The third-order valence-corrected chi connectivity index (χ3v) is 3.71. The summed E-state index contributed by atoms with van der Waals surface area (Å²) >= 11 is 11.7. The van der Waals surface area contributed by atoms with Crippen LogP contribution in [0, 0.1) is 11.3 Å². The van der Waals surface area contributed by atoms with Gasteiger partial charge in [-0.25, -0.2) is 4.79 Å². The van der Waals surface area contributed by atoms with Gasteiger partial charge in [-0.15, -0.1) is 0 Å². The lowest BCUT2D eigenvalue weighted by atomic mass is 10.2. The number of carbonyl (C=O) groups excluding carboxylic acids is 2. The van der Waals surface area contributed by atoms with Crippen molar-refractivity contribution in [3.8, 4) is 11.8 Å². The maximum Gasteiger partial charge on any atom is 0.344 e. The summed E-state index contributed by atoms with van der Waals surface area (Å²) < 4.78 is 10.3. The van der Waals surface area contributed by atoms with Crippen LogP contribution in [0.25, 0.3) is 0 Å². The highest BCUT2D eigenvalue weighted by Crippen LogP contribution is 2.27. The fourth-order valence-corrected chi connectivity index (χ4v) is 2.39. The normalized spacial score (nSPS) is 11.2. The Hall–Kier alpha value is -2.75. The second-order valence-corrected chi connectivity index (χ2v) is 6.02. The number of amides is 1. The minimum absolute atomic E-state index is 0.258. The lowest BCUT2D eigenvalue weighted by Gasteiger charge is -2.14. The van der Waals surface area contributed by atoms with Gasteiger partial charge >= 0.3 is 5.97 Å². The molecule has 26 heavy (non-hydrogen) atoms. The van der Waals surface area contributed by atoms with Gasteiger partial charge in [0.2, 0.25) is 0 Å². The van der Waals surface area contributed by atoms with Gasteiger partial charge in [-0.3, -0.25) is 4.79 Å². The third-order valence-electron chi connectivity index (χ3n) is 3.18. The maximum absolute atomic E-state index is 12.1. The number of rotatable bonds is 6. The predicted molar refractivity (Wildman–Crippen MR) is 97.3 cm³/mol. The summed E-state index contributed by atoms with van der Waals surface area (Å²) in [4.78, 5) is 23.9. The maximum atomic E-state index is 12.1. The van der Waals surface area contributed by atoms with E-state index in [1.54, 1.807) is 24.3 Å². The highest BCUT2D eigenvalue weighted by Gasteiger charge is 2.18. The number of anilines is 1. The van der Waals surface area contributed by atoms with E-state index < -0.39 is 24.6 Å². The number of benzene rings is 2. The van der Waals surface area contributed by atoms with Crippen molar-refractivity contribution in [2.45, 2.75) is 13.0 Å². The third kappa shape index (κ3) is 5.66. The van der Waals surface area contributed by atoms with Crippen molar-refractivity contribution in [3.05, 3.63) is 58.1 Å². The zero-order chi connectivity index (χ0) is 19.1. The molecule has 0 fully saturated rings. The molecule has 1 N–H and O–H groups in total. The zero-order valence-electron chi connectivity index (χ0n) is 13.7. The molecule has 8 heteroatoms. The van der Waals surface area contributed by atoms with Gasteiger partial charge in [-0.05, 0) is 43.3 Å². The highest BCUT2D eigenvalue weighted by atomic mass is 35.5. The largest absolute Gasteiger partial charge is 0.480 e. The van der Waals surface area contributed by atoms with Crippen molar-refractivity contribution in [3.63, 3.8) is 0 Å². The molecule has 6 nitrogen and oxygen atoms in total. The minimum atomic E-state index is -1.04. The van der Waals surface area contributed by atoms with Crippen LogP contribution in [0.2, 0.25) is 10.0 Å². The molecule has 0 bridgehead atoms. The van der Waals surface area contributed by atoms with Crippen molar-refractivity contribution in [1.82, 2.24) is 0 Å². The molecule has 1 atom stereocenters. The summed E-state index contributed by atoms with van der Waals surface area (Å²) in [5, 5.41) is 12.1. The number of nitrogens with one attached hydrogen (secondary N) is 1. The van der Waals surface area contributed by atoms with Gasteiger partial charge in [-0.1, -0.05) is 29.3 Å². The van der Waals surface area contributed by atoms with Crippen molar-refractivity contribution < 1.29 is 19.1 Å². The van der Waals surface area contributed by atoms with Crippen LogP contribution in [0.15, 0.2) is 42.5 Å². The summed E-state index contributed by atoms with van der Waals surface area (Å²) in [5.74, 6) is -0.985. The van der Waals surface area contributed by atoms with Crippen molar-refractivity contribution in [2.75, 3.05) is 11.9 Å². The van der Waals surface area contributed by atoms with Crippen molar-refractivity contribution in [2.24, 2.45) is 0 Å². The van der Waals surface area contributed by atoms with E-state index in [0.29, 0.717) is 16.3 Å². The predicted octanol–water partition coefficient (Wildman–Crippen LogP) is 3.81. The van der Waals surface area contributed by atoms with E-state index in [1.165, 1.54) is 25.1 Å². The molecular weight excluding hydrogens is 379 g/mol. The monoisotopic (exact) mass is 392 g/mol. The molecule has 0 spiro atoms. The first-order valence-electron chi connectivity index (χ1n) is 7.47. The molecule has 2 aromatic carbocycles. The number of nitrogens with zero attached hydrogens (tertiary/aromatic N) is 1. The van der Waals surface area contributed by atoms with E-state index in [2.05, 4.69) is 5.32 Å². The molecule has 2 rings (SSSR count). The lowest BCUT2D eigenvalue weighted by molar-refractivity contribution is -0.155. The van der Waals surface area contributed by atoms with Crippen LogP contribution in [-0.4, -0.2) is 24.6 Å². The van der Waals surface area contributed by atoms with Crippen LogP contribution >= 0.6 is 23.2 Å². The number of halogens is 2. The topological polar surface area (TPSA) is 88.4 Å². The molecule has 134 valence electrons. The SMILES string of the molecule is C[C@@H](OC(=O)COc1ccc(Cl)cc1Cl)C(=O)Nc1cccc(C#N)c1. The number of hydrogen-bond donors (Lipinski definition) is 1. The fraction of sp³-hybridized carbons (Fsp3) is 0.167. The molecule has 0 saturated carbocycles. The Kier molecular flexibility index (Phi) is 6.84. The van der Waals surface area contributed by atoms with Crippen molar-refractivity contribution in [1.29, 1.82) is 5.26 Å². The Balaban J connectivity index is 1.85. The summed E-state index contributed by atoms with van der Waals surface area (Å²) in [5.41, 5.74) is 0.835. The lowest BCUT2D eigenvalue weighted by Crippen LogP contribution is -2.31. The van der Waals surface area contributed by atoms with Crippen molar-refractivity contribution >= 4 is 40.8 Å². The van der Waals surface area contributed by atoms with Gasteiger partial charge in [0.05, 0.1) is 16.7 Å². The molecular formula is C18H14Cl2N2O4. The van der Waals surface area contributed by atoms with Crippen LogP contribution < -0.4 is 10.1 Å². The van der Waals surface area contributed by atoms with Gasteiger partial charge in [0.1, 0.15) is 5.75 Å². The Labute approximate surface area is 160 Å². The molecule has 0 aromatic heterocycles. The Bertz CT molecular complexity index is 865. The van der Waals surface area contributed by atoms with Crippen LogP contribution in [0.5, 0.6) is 5.75 Å². The molecule has 0 radical (unpaired) electrons. The summed E-state index contributed by atoms with van der Waals surface area (Å²) in [6.07, 6.45) is -1.04. The second kappa shape index (κ2) is 9.09. The number of nitriles is 1. The van der Waals surface area contributed by atoms with E-state index in [0.717, 1.165) is 0 Å². The van der Waals surface area contributed by atoms with E-state index >= 15 is 0 Å². The summed E-state index contributed by atoms with van der Waals surface area (Å²) in [7, 11) is 0. The quantitative estimate of drug-likeness (QED) is 0.754. The first-order chi connectivity index (χ1) is 12.4. The molecule has 0 saturated heterocycles. The first kappa shape index (κ1) is 19.6. The van der Waals surface area contributed by atoms with E-state index in [4.69, 9.17) is 37.9 Å². The Morgan fingerprint density at radius 3 is 2.69 bits per heavy atom. The second-order valence-electron chi connectivity index (χ2n) is 5.18. The van der Waals surface area contributed by atoms with Gasteiger partial charge in [0, 0.05) is 10.7 Å². The van der Waals surface area contributed by atoms with E-state index in [9.17, 15) is 9.59 Å². The van der Waals surface area contributed by atoms with E-state index in [1.807, 2.05) is 6.07 Å². The summed E-state index contributed by atoms with van der Waals surface area (Å²) in [6.45, 7) is 1.01.